The lowest BCUT2D eigenvalue weighted by molar-refractivity contribution is -0.127. The molecule has 5 heteroatoms. The molecular formula is C19H22ClNO3. The van der Waals surface area contributed by atoms with E-state index in [4.69, 9.17) is 21.1 Å². The van der Waals surface area contributed by atoms with Crippen LogP contribution < -0.4 is 14.8 Å². The highest BCUT2D eigenvalue weighted by Crippen LogP contribution is 2.24. The molecule has 0 spiro atoms. The molecule has 0 aromatic heterocycles. The van der Waals surface area contributed by atoms with Crippen LogP contribution in [0.2, 0.25) is 5.02 Å². The standard InChI is InChI=1S/C19H22ClNO3/c1-4-23-16-11-9-15(10-12-16)13(2)21-19(22)14(3)24-18-8-6-5-7-17(18)20/h5-14H,4H2,1-3H3,(H,21,22)/t13-,14-/m0/s1. The molecule has 0 aliphatic rings. The van der Waals surface area contributed by atoms with Crippen LogP contribution in [-0.4, -0.2) is 18.6 Å². The minimum atomic E-state index is -0.643. The first-order valence-electron chi connectivity index (χ1n) is 7.95. The summed E-state index contributed by atoms with van der Waals surface area (Å²) in [5.74, 6) is 1.11. The van der Waals surface area contributed by atoms with E-state index in [-0.39, 0.29) is 11.9 Å². The summed E-state index contributed by atoms with van der Waals surface area (Å²) in [7, 11) is 0. The maximum Gasteiger partial charge on any atom is 0.261 e. The summed E-state index contributed by atoms with van der Waals surface area (Å²) in [5.41, 5.74) is 0.997. The van der Waals surface area contributed by atoms with Crippen LogP contribution in [0.5, 0.6) is 11.5 Å². The molecule has 1 amide bonds. The van der Waals surface area contributed by atoms with Crippen LogP contribution in [0.4, 0.5) is 0 Å². The van der Waals surface area contributed by atoms with E-state index in [0.29, 0.717) is 17.4 Å². The molecule has 0 radical (unpaired) electrons. The van der Waals surface area contributed by atoms with Crippen molar-refractivity contribution >= 4 is 17.5 Å². The van der Waals surface area contributed by atoms with Crippen molar-refractivity contribution in [2.75, 3.05) is 6.61 Å². The van der Waals surface area contributed by atoms with Crippen molar-refractivity contribution in [1.29, 1.82) is 0 Å². The van der Waals surface area contributed by atoms with E-state index < -0.39 is 6.10 Å². The zero-order valence-corrected chi connectivity index (χ0v) is 14.8. The summed E-state index contributed by atoms with van der Waals surface area (Å²) in [6.45, 7) is 6.19. The van der Waals surface area contributed by atoms with Crippen molar-refractivity contribution in [3.05, 3.63) is 59.1 Å². The minimum Gasteiger partial charge on any atom is -0.494 e. The maximum absolute atomic E-state index is 12.3. The van der Waals surface area contributed by atoms with Crippen molar-refractivity contribution in [2.24, 2.45) is 0 Å². The summed E-state index contributed by atoms with van der Waals surface area (Å²) in [6, 6.07) is 14.6. The number of amides is 1. The van der Waals surface area contributed by atoms with E-state index in [1.165, 1.54) is 0 Å². The third-order valence-electron chi connectivity index (χ3n) is 3.56. The SMILES string of the molecule is CCOc1ccc([C@H](C)NC(=O)[C@H](C)Oc2ccccc2Cl)cc1. The fraction of sp³-hybridized carbons (Fsp3) is 0.316. The number of hydrogen-bond acceptors (Lipinski definition) is 3. The Morgan fingerprint density at radius 2 is 1.79 bits per heavy atom. The Balaban J connectivity index is 1.94. The zero-order valence-electron chi connectivity index (χ0n) is 14.1. The van der Waals surface area contributed by atoms with Gasteiger partial charge in [0.2, 0.25) is 0 Å². The largest absolute Gasteiger partial charge is 0.494 e. The molecule has 0 unspecified atom stereocenters. The van der Waals surface area contributed by atoms with Crippen LogP contribution in [0.3, 0.4) is 0 Å². The van der Waals surface area contributed by atoms with Crippen molar-refractivity contribution < 1.29 is 14.3 Å². The van der Waals surface area contributed by atoms with E-state index in [0.717, 1.165) is 11.3 Å². The zero-order chi connectivity index (χ0) is 17.5. The van der Waals surface area contributed by atoms with Crippen LogP contribution in [-0.2, 0) is 4.79 Å². The predicted octanol–water partition coefficient (Wildman–Crippen LogP) is 4.38. The average Bonchev–Trinajstić information content (AvgIpc) is 2.57. The monoisotopic (exact) mass is 347 g/mol. The number of carbonyl (C=O) groups is 1. The van der Waals surface area contributed by atoms with Gasteiger partial charge in [-0.1, -0.05) is 35.9 Å². The molecule has 0 aliphatic heterocycles. The summed E-state index contributed by atoms with van der Waals surface area (Å²) < 4.78 is 11.0. The second kappa shape index (κ2) is 8.60. The predicted molar refractivity (Wildman–Crippen MR) is 95.7 cm³/mol. The maximum atomic E-state index is 12.3. The number of rotatable bonds is 7. The molecule has 0 bridgehead atoms. The van der Waals surface area contributed by atoms with Crippen LogP contribution in [0, 0.1) is 0 Å². The Labute approximate surface area is 147 Å². The third-order valence-corrected chi connectivity index (χ3v) is 3.87. The average molecular weight is 348 g/mol. The van der Waals surface area contributed by atoms with Gasteiger partial charge in [-0.3, -0.25) is 4.79 Å². The summed E-state index contributed by atoms with van der Waals surface area (Å²) in [6.07, 6.45) is -0.643. The molecule has 2 aromatic carbocycles. The normalized spacial score (nSPS) is 13.0. The molecule has 0 saturated carbocycles. The second-order valence-electron chi connectivity index (χ2n) is 5.42. The number of hydrogen-bond donors (Lipinski definition) is 1. The highest BCUT2D eigenvalue weighted by Gasteiger charge is 2.18. The van der Waals surface area contributed by atoms with E-state index in [1.807, 2.05) is 50.2 Å². The Morgan fingerprint density at radius 3 is 2.42 bits per heavy atom. The smallest absolute Gasteiger partial charge is 0.261 e. The van der Waals surface area contributed by atoms with E-state index in [9.17, 15) is 4.79 Å². The lowest BCUT2D eigenvalue weighted by Crippen LogP contribution is -2.37. The Hall–Kier alpha value is -2.20. The fourth-order valence-corrected chi connectivity index (χ4v) is 2.40. The van der Waals surface area contributed by atoms with Gasteiger partial charge in [-0.15, -0.1) is 0 Å². The Kier molecular flexibility index (Phi) is 6.50. The van der Waals surface area contributed by atoms with Crippen molar-refractivity contribution in [3.8, 4) is 11.5 Å². The highest BCUT2D eigenvalue weighted by molar-refractivity contribution is 6.32. The van der Waals surface area contributed by atoms with Gasteiger partial charge in [0.15, 0.2) is 6.10 Å². The molecule has 128 valence electrons. The molecule has 0 heterocycles. The van der Waals surface area contributed by atoms with Gasteiger partial charge in [0.05, 0.1) is 17.7 Å². The topological polar surface area (TPSA) is 47.6 Å². The number of nitrogens with one attached hydrogen (secondary N) is 1. The second-order valence-corrected chi connectivity index (χ2v) is 5.83. The molecular weight excluding hydrogens is 326 g/mol. The first-order chi connectivity index (χ1) is 11.5. The molecule has 2 rings (SSSR count). The molecule has 0 aliphatic carbocycles. The Bertz CT molecular complexity index is 673. The van der Waals surface area contributed by atoms with E-state index in [2.05, 4.69) is 5.32 Å². The third kappa shape index (κ3) is 4.90. The number of para-hydroxylation sites is 1. The van der Waals surface area contributed by atoms with Gasteiger partial charge in [0, 0.05) is 0 Å². The lowest BCUT2D eigenvalue weighted by atomic mass is 10.1. The highest BCUT2D eigenvalue weighted by atomic mass is 35.5. The van der Waals surface area contributed by atoms with Crippen molar-refractivity contribution in [2.45, 2.75) is 32.9 Å². The minimum absolute atomic E-state index is 0.134. The van der Waals surface area contributed by atoms with Gasteiger partial charge < -0.3 is 14.8 Å². The molecule has 0 saturated heterocycles. The van der Waals surface area contributed by atoms with E-state index >= 15 is 0 Å². The molecule has 2 atom stereocenters. The Morgan fingerprint density at radius 1 is 1.12 bits per heavy atom. The number of carbonyl (C=O) groups excluding carboxylic acids is 1. The van der Waals surface area contributed by atoms with Crippen LogP contribution >= 0.6 is 11.6 Å². The molecule has 24 heavy (non-hydrogen) atoms. The summed E-state index contributed by atoms with van der Waals surface area (Å²) in [4.78, 5) is 12.3. The van der Waals surface area contributed by atoms with Gasteiger partial charge in [-0.25, -0.2) is 0 Å². The first kappa shape index (κ1) is 18.1. The number of halogens is 1. The van der Waals surface area contributed by atoms with Crippen molar-refractivity contribution in [3.63, 3.8) is 0 Å². The van der Waals surface area contributed by atoms with Crippen LogP contribution in [0.15, 0.2) is 48.5 Å². The van der Waals surface area contributed by atoms with Crippen molar-refractivity contribution in [1.82, 2.24) is 5.32 Å². The van der Waals surface area contributed by atoms with Gasteiger partial charge in [0.25, 0.3) is 5.91 Å². The number of ether oxygens (including phenoxy) is 2. The van der Waals surface area contributed by atoms with Gasteiger partial charge in [0.1, 0.15) is 11.5 Å². The summed E-state index contributed by atoms with van der Waals surface area (Å²) in [5, 5.41) is 3.42. The fourth-order valence-electron chi connectivity index (χ4n) is 2.22. The van der Waals surface area contributed by atoms with Gasteiger partial charge >= 0.3 is 0 Å². The lowest BCUT2D eigenvalue weighted by Gasteiger charge is -2.19. The molecule has 1 N–H and O–H groups in total. The van der Waals surface area contributed by atoms with Gasteiger partial charge in [-0.2, -0.15) is 0 Å². The molecule has 4 nitrogen and oxygen atoms in total. The van der Waals surface area contributed by atoms with E-state index in [1.54, 1.807) is 19.1 Å². The van der Waals surface area contributed by atoms with Gasteiger partial charge in [-0.05, 0) is 50.6 Å². The quantitative estimate of drug-likeness (QED) is 0.808. The number of benzene rings is 2. The first-order valence-corrected chi connectivity index (χ1v) is 8.33. The molecule has 2 aromatic rings. The molecule has 0 fully saturated rings. The van der Waals surface area contributed by atoms with Crippen LogP contribution in [0.1, 0.15) is 32.4 Å². The van der Waals surface area contributed by atoms with Crippen LogP contribution in [0.25, 0.3) is 0 Å². The summed E-state index contributed by atoms with van der Waals surface area (Å²) >= 11 is 6.05.